The third kappa shape index (κ3) is 31.6. The Hall–Kier alpha value is -1.14. The average Bonchev–Trinajstić information content (AvgIpc) is 2.92. The molecular weight excluding hydrogens is 512 g/mol. The molecule has 0 saturated heterocycles. The minimum absolute atomic E-state index is 0.137. The number of hydrogen-bond donors (Lipinski definition) is 1. The molecular formula is C36H70O5. The van der Waals surface area contributed by atoms with Gasteiger partial charge in [0.1, 0.15) is 5.75 Å². The van der Waals surface area contributed by atoms with Crippen LogP contribution in [-0.4, -0.2) is 45.3 Å². The Labute approximate surface area is 256 Å². The average molecular weight is 583 g/mol. The lowest BCUT2D eigenvalue weighted by Crippen LogP contribution is -2.12. The standard InChI is InChI=1S/C18H30O3.C11H24.C7H16O2/c1-14(2)10-12-20-18(21-13-11-15(3)4)16-6-8-17(19-5)9-7-16;1-4-5-6-7-8-9-10-11(2)3;1-7(2)3-5-9-6-4-8/h6-9,14-15,18H,10-13H2,1-5H3;11H,4-10H2,1-3H3;7-8H,3-6H2,1-2H3. The van der Waals surface area contributed by atoms with Gasteiger partial charge in [-0.1, -0.05) is 119 Å². The van der Waals surface area contributed by atoms with Gasteiger partial charge in [-0.05, 0) is 55.1 Å². The Morgan fingerprint density at radius 2 is 1.05 bits per heavy atom. The van der Waals surface area contributed by atoms with Crippen molar-refractivity contribution >= 4 is 0 Å². The third-order valence-electron chi connectivity index (χ3n) is 6.53. The maximum atomic E-state index is 8.31. The number of ether oxygens (including phenoxy) is 4. The molecule has 0 saturated carbocycles. The summed E-state index contributed by atoms with van der Waals surface area (Å²) in [5.74, 6) is 3.72. The Morgan fingerprint density at radius 1 is 0.585 bits per heavy atom. The first-order valence-electron chi connectivity index (χ1n) is 16.6. The number of rotatable bonds is 22. The molecule has 5 nitrogen and oxygen atoms in total. The number of unbranched alkanes of at least 4 members (excludes halogenated alkanes) is 5. The molecule has 0 heterocycles. The molecule has 0 amide bonds. The molecule has 0 fully saturated rings. The van der Waals surface area contributed by atoms with E-state index in [-0.39, 0.29) is 12.9 Å². The Bertz CT molecular complexity index is 613. The molecule has 0 aliphatic rings. The second kappa shape index (κ2) is 30.3. The van der Waals surface area contributed by atoms with Gasteiger partial charge in [-0.3, -0.25) is 0 Å². The molecule has 244 valence electrons. The van der Waals surface area contributed by atoms with Gasteiger partial charge in [0.15, 0.2) is 6.29 Å². The van der Waals surface area contributed by atoms with Crippen molar-refractivity contribution in [3.05, 3.63) is 29.8 Å². The summed E-state index contributed by atoms with van der Waals surface area (Å²) >= 11 is 0. The summed E-state index contributed by atoms with van der Waals surface area (Å²) in [5.41, 5.74) is 1.04. The van der Waals surface area contributed by atoms with Crippen molar-refractivity contribution in [3.63, 3.8) is 0 Å². The Kier molecular flexibility index (Phi) is 31.1. The predicted molar refractivity (Wildman–Crippen MR) is 177 cm³/mol. The van der Waals surface area contributed by atoms with Gasteiger partial charge in [0.25, 0.3) is 0 Å². The molecule has 0 unspecified atom stereocenters. The van der Waals surface area contributed by atoms with E-state index in [1.807, 2.05) is 24.3 Å². The zero-order valence-electron chi connectivity index (χ0n) is 28.9. The topological polar surface area (TPSA) is 57.2 Å². The molecule has 41 heavy (non-hydrogen) atoms. The predicted octanol–water partition coefficient (Wildman–Crippen LogP) is 10.3. The number of hydrogen-bond acceptors (Lipinski definition) is 5. The highest BCUT2D eigenvalue weighted by Crippen LogP contribution is 2.23. The van der Waals surface area contributed by atoms with E-state index in [1.54, 1.807) is 7.11 Å². The van der Waals surface area contributed by atoms with Gasteiger partial charge in [0, 0.05) is 12.2 Å². The first-order valence-corrected chi connectivity index (χ1v) is 16.6. The lowest BCUT2D eigenvalue weighted by Gasteiger charge is -2.20. The minimum atomic E-state index is -0.284. The SMILES string of the molecule is CC(C)CCOCCO.CCCCCCCCC(C)C.COc1ccc(C(OCCC(C)C)OCCC(C)C)cc1. The van der Waals surface area contributed by atoms with Crippen molar-refractivity contribution in [3.8, 4) is 5.75 Å². The fourth-order valence-corrected chi connectivity index (χ4v) is 3.64. The molecule has 0 spiro atoms. The van der Waals surface area contributed by atoms with Crippen molar-refractivity contribution in [2.75, 3.05) is 40.1 Å². The summed E-state index contributed by atoms with van der Waals surface area (Å²) in [6.07, 6.45) is 12.9. The first-order chi connectivity index (χ1) is 19.6. The van der Waals surface area contributed by atoms with Crippen LogP contribution in [0.4, 0.5) is 0 Å². The molecule has 1 N–H and O–H groups in total. The lowest BCUT2D eigenvalue weighted by atomic mass is 10.0. The van der Waals surface area contributed by atoms with Gasteiger partial charge >= 0.3 is 0 Å². The summed E-state index contributed by atoms with van der Waals surface area (Å²) < 4.78 is 22.1. The normalized spacial score (nSPS) is 11.2. The van der Waals surface area contributed by atoms with Crippen LogP contribution in [0.3, 0.4) is 0 Å². The van der Waals surface area contributed by atoms with Gasteiger partial charge in [-0.25, -0.2) is 0 Å². The molecule has 0 atom stereocenters. The lowest BCUT2D eigenvalue weighted by molar-refractivity contribution is -0.150. The number of aliphatic hydroxyl groups excluding tert-OH is 1. The first kappa shape index (κ1) is 42.0. The van der Waals surface area contributed by atoms with E-state index in [4.69, 9.17) is 24.1 Å². The summed E-state index contributed by atoms with van der Waals surface area (Å²) in [6, 6.07) is 7.91. The summed E-state index contributed by atoms with van der Waals surface area (Å²) in [5, 5.41) is 8.31. The highest BCUT2D eigenvalue weighted by molar-refractivity contribution is 5.27. The fourth-order valence-electron chi connectivity index (χ4n) is 3.64. The molecule has 0 aliphatic carbocycles. The van der Waals surface area contributed by atoms with Crippen LogP contribution >= 0.6 is 0 Å². The Morgan fingerprint density at radius 3 is 1.49 bits per heavy atom. The van der Waals surface area contributed by atoms with Crippen LogP contribution in [0.25, 0.3) is 0 Å². The van der Waals surface area contributed by atoms with Crippen molar-refractivity contribution < 1.29 is 24.1 Å². The second-order valence-electron chi connectivity index (χ2n) is 12.7. The molecule has 1 rings (SSSR count). The van der Waals surface area contributed by atoms with E-state index in [1.165, 1.54) is 44.9 Å². The van der Waals surface area contributed by atoms with Crippen molar-refractivity contribution in [1.82, 2.24) is 0 Å². The van der Waals surface area contributed by atoms with Gasteiger partial charge in [-0.15, -0.1) is 0 Å². The third-order valence-corrected chi connectivity index (χ3v) is 6.53. The highest BCUT2D eigenvalue weighted by Gasteiger charge is 2.13. The highest BCUT2D eigenvalue weighted by atomic mass is 16.7. The van der Waals surface area contributed by atoms with E-state index in [2.05, 4.69) is 62.3 Å². The van der Waals surface area contributed by atoms with Crippen molar-refractivity contribution in [1.29, 1.82) is 0 Å². The van der Waals surface area contributed by atoms with Crippen LogP contribution in [0.1, 0.15) is 138 Å². The summed E-state index contributed by atoms with van der Waals surface area (Å²) in [4.78, 5) is 0. The minimum Gasteiger partial charge on any atom is -0.497 e. The molecule has 0 aromatic heterocycles. The van der Waals surface area contributed by atoms with Crippen LogP contribution < -0.4 is 4.74 Å². The largest absolute Gasteiger partial charge is 0.497 e. The van der Waals surface area contributed by atoms with Crippen molar-refractivity contribution in [2.45, 2.75) is 133 Å². The van der Waals surface area contributed by atoms with Crippen LogP contribution in [0.15, 0.2) is 24.3 Å². The summed E-state index contributed by atoms with van der Waals surface area (Å²) in [6.45, 7) is 22.8. The number of methoxy groups -OCH3 is 1. The van der Waals surface area contributed by atoms with E-state index in [0.29, 0.717) is 24.4 Å². The monoisotopic (exact) mass is 583 g/mol. The Balaban J connectivity index is 0. The number of benzene rings is 1. The summed E-state index contributed by atoms with van der Waals surface area (Å²) in [7, 11) is 1.67. The maximum absolute atomic E-state index is 8.31. The van der Waals surface area contributed by atoms with E-state index >= 15 is 0 Å². The zero-order valence-corrected chi connectivity index (χ0v) is 28.9. The van der Waals surface area contributed by atoms with E-state index < -0.39 is 0 Å². The quantitative estimate of drug-likeness (QED) is 0.109. The van der Waals surface area contributed by atoms with E-state index in [9.17, 15) is 0 Å². The molecule has 0 aliphatic heterocycles. The maximum Gasteiger partial charge on any atom is 0.183 e. The van der Waals surface area contributed by atoms with Crippen LogP contribution in [0, 0.1) is 23.7 Å². The van der Waals surface area contributed by atoms with Crippen molar-refractivity contribution in [2.24, 2.45) is 23.7 Å². The van der Waals surface area contributed by atoms with Crippen LogP contribution in [0.2, 0.25) is 0 Å². The molecule has 0 radical (unpaired) electrons. The number of aliphatic hydroxyl groups is 1. The molecule has 1 aromatic carbocycles. The van der Waals surface area contributed by atoms with E-state index in [0.717, 1.165) is 56.3 Å². The zero-order chi connectivity index (χ0) is 31.3. The van der Waals surface area contributed by atoms with Gasteiger partial charge in [-0.2, -0.15) is 0 Å². The van der Waals surface area contributed by atoms with Gasteiger partial charge in [0.05, 0.1) is 33.5 Å². The van der Waals surface area contributed by atoms with Crippen LogP contribution in [0.5, 0.6) is 5.75 Å². The fraction of sp³-hybridized carbons (Fsp3) is 0.833. The van der Waals surface area contributed by atoms with Gasteiger partial charge in [0.2, 0.25) is 0 Å². The smallest absolute Gasteiger partial charge is 0.183 e. The van der Waals surface area contributed by atoms with Gasteiger partial charge < -0.3 is 24.1 Å². The molecule has 5 heteroatoms. The molecule has 1 aromatic rings. The second-order valence-corrected chi connectivity index (χ2v) is 12.7. The molecule has 0 bridgehead atoms. The van der Waals surface area contributed by atoms with Crippen LogP contribution in [-0.2, 0) is 14.2 Å².